The van der Waals surface area contributed by atoms with Gasteiger partial charge in [0.2, 0.25) is 0 Å². The molecule has 4 fully saturated rings. The minimum absolute atomic E-state index is 0.00813. The fourth-order valence-corrected chi connectivity index (χ4v) is 15.4. The number of nitrogens with zero attached hydrogens (tertiary/aromatic N) is 1. The topological polar surface area (TPSA) is 3.24 Å². The quantitative estimate of drug-likeness (QED) is 0.154. The first-order chi connectivity index (χ1) is 34.7. The fourth-order valence-electron chi connectivity index (χ4n) is 15.4. The number of rotatable bonds is 7. The van der Waals surface area contributed by atoms with Gasteiger partial charge in [0, 0.05) is 22.4 Å². The van der Waals surface area contributed by atoms with E-state index in [2.05, 4.69) is 241 Å². The van der Waals surface area contributed by atoms with Crippen LogP contribution in [0.15, 0.2) is 237 Å². The molecule has 10 aromatic carbocycles. The van der Waals surface area contributed by atoms with Crippen molar-refractivity contribution in [2.45, 2.75) is 42.9 Å². The van der Waals surface area contributed by atoms with Gasteiger partial charge in [-0.05, 0) is 181 Å². The van der Waals surface area contributed by atoms with Crippen LogP contribution in [0.1, 0.15) is 65.5 Å². The van der Waals surface area contributed by atoms with Gasteiger partial charge in [-0.15, -0.1) is 0 Å². The average Bonchev–Trinajstić information content (AvgIpc) is 3.88. The first-order valence-corrected chi connectivity index (χ1v) is 25.7. The minimum atomic E-state index is -0.510. The molecule has 1 spiro atoms. The van der Waals surface area contributed by atoms with Gasteiger partial charge in [0.05, 0.1) is 11.1 Å². The van der Waals surface area contributed by atoms with Crippen LogP contribution in [0.25, 0.3) is 55.3 Å². The molecule has 0 heterocycles. The van der Waals surface area contributed by atoms with Gasteiger partial charge in [0.1, 0.15) is 0 Å². The molecule has 0 amide bonds. The van der Waals surface area contributed by atoms with Gasteiger partial charge in [-0.3, -0.25) is 0 Å². The standard InChI is InChI=1S/C69H53N/c1-4-16-47(17-5-1)49-28-32-56(33-29-49)70(57-34-30-48-18-10-11-19-50(48)41-57)67-44-66-62(59-25-13-15-27-64(59)69(66)54-37-45-36-46(39-54)40-55(69)38-45)43-61(67)51-31-35-60-58-24-12-14-26-63(58)68(65(60)42-51,52-20-6-2-7-21-52)53-22-8-3-9-23-53/h1-35,41-46,54-55H,36-40H2. The summed E-state index contributed by atoms with van der Waals surface area (Å²) in [7, 11) is 0. The van der Waals surface area contributed by atoms with Crippen molar-refractivity contribution in [2.75, 3.05) is 4.90 Å². The second-order valence-electron chi connectivity index (χ2n) is 21.2. The Morgan fingerprint density at radius 2 is 0.843 bits per heavy atom. The zero-order chi connectivity index (χ0) is 46.0. The molecule has 6 aliphatic rings. The Morgan fingerprint density at radius 3 is 1.53 bits per heavy atom. The molecule has 4 saturated carbocycles. The van der Waals surface area contributed by atoms with E-state index in [9.17, 15) is 0 Å². The van der Waals surface area contributed by atoms with Crippen molar-refractivity contribution < 1.29 is 0 Å². The number of hydrogen-bond acceptors (Lipinski definition) is 1. The second-order valence-corrected chi connectivity index (χ2v) is 21.2. The van der Waals surface area contributed by atoms with Crippen molar-refractivity contribution in [3.05, 3.63) is 270 Å². The summed E-state index contributed by atoms with van der Waals surface area (Å²) < 4.78 is 0. The molecule has 334 valence electrons. The Hall–Kier alpha value is -7.74. The summed E-state index contributed by atoms with van der Waals surface area (Å²) in [5.41, 5.74) is 21.9. The molecule has 0 aromatic heterocycles. The van der Waals surface area contributed by atoms with Crippen molar-refractivity contribution in [2.24, 2.45) is 23.7 Å². The Morgan fingerprint density at radius 1 is 0.314 bits per heavy atom. The first kappa shape index (κ1) is 40.2. The van der Waals surface area contributed by atoms with Crippen molar-refractivity contribution in [3.8, 4) is 44.5 Å². The lowest BCUT2D eigenvalue weighted by Crippen LogP contribution is -2.55. The van der Waals surface area contributed by atoms with E-state index in [0.29, 0.717) is 11.8 Å². The summed E-state index contributed by atoms with van der Waals surface area (Å²) in [6, 6.07) is 90.2. The van der Waals surface area contributed by atoms with Crippen LogP contribution in [0, 0.1) is 23.7 Å². The third-order valence-electron chi connectivity index (χ3n) is 17.9. The monoisotopic (exact) mass is 895 g/mol. The molecule has 4 bridgehead atoms. The van der Waals surface area contributed by atoms with Gasteiger partial charge < -0.3 is 4.90 Å². The van der Waals surface area contributed by atoms with Gasteiger partial charge in [0.15, 0.2) is 0 Å². The summed E-state index contributed by atoms with van der Waals surface area (Å²) in [4.78, 5) is 2.60. The van der Waals surface area contributed by atoms with Crippen molar-refractivity contribution in [1.82, 2.24) is 0 Å². The molecule has 10 aromatic rings. The van der Waals surface area contributed by atoms with Crippen LogP contribution in [-0.2, 0) is 10.8 Å². The summed E-state index contributed by atoms with van der Waals surface area (Å²) in [6.45, 7) is 0. The van der Waals surface area contributed by atoms with Gasteiger partial charge in [-0.25, -0.2) is 0 Å². The molecule has 0 unspecified atom stereocenters. The lowest BCUT2D eigenvalue weighted by Gasteiger charge is -2.61. The zero-order valence-corrected chi connectivity index (χ0v) is 39.3. The molecule has 1 heteroatoms. The smallest absolute Gasteiger partial charge is 0.0713 e. The molecule has 0 aliphatic heterocycles. The van der Waals surface area contributed by atoms with E-state index in [1.165, 1.54) is 121 Å². The zero-order valence-electron chi connectivity index (χ0n) is 39.3. The SMILES string of the molecule is c1ccc(-c2ccc(N(c3ccc4ccccc4c3)c3cc4c(cc3-c3ccc5c(c3)C(c3ccccc3)(c3ccccc3)c3ccccc3-5)-c3ccccc3C43C4CC5CC(C4)CC3C5)cc2)cc1. The van der Waals surface area contributed by atoms with Crippen LogP contribution in [0.5, 0.6) is 0 Å². The minimum Gasteiger partial charge on any atom is -0.310 e. The molecule has 6 aliphatic carbocycles. The molecule has 0 saturated heterocycles. The van der Waals surface area contributed by atoms with Gasteiger partial charge in [-0.2, -0.15) is 0 Å². The lowest BCUT2D eigenvalue weighted by molar-refractivity contribution is -0.0399. The van der Waals surface area contributed by atoms with Crippen molar-refractivity contribution in [1.29, 1.82) is 0 Å². The van der Waals surface area contributed by atoms with Crippen LogP contribution in [0.2, 0.25) is 0 Å². The van der Waals surface area contributed by atoms with Gasteiger partial charge >= 0.3 is 0 Å². The molecular weight excluding hydrogens is 843 g/mol. The number of benzene rings is 10. The largest absolute Gasteiger partial charge is 0.310 e. The highest BCUT2D eigenvalue weighted by Gasteiger charge is 2.62. The molecule has 0 radical (unpaired) electrons. The third-order valence-corrected chi connectivity index (χ3v) is 17.9. The molecule has 1 nitrogen and oxygen atoms in total. The van der Waals surface area contributed by atoms with E-state index in [4.69, 9.17) is 0 Å². The van der Waals surface area contributed by atoms with Gasteiger partial charge in [-0.1, -0.05) is 194 Å². The van der Waals surface area contributed by atoms with E-state index in [0.717, 1.165) is 17.5 Å². The first-order valence-electron chi connectivity index (χ1n) is 25.7. The molecule has 16 rings (SSSR count). The number of fused-ring (bicyclic) bond motifs is 7. The van der Waals surface area contributed by atoms with Gasteiger partial charge in [0.25, 0.3) is 0 Å². The van der Waals surface area contributed by atoms with Crippen LogP contribution in [0.4, 0.5) is 17.1 Å². The molecule has 70 heavy (non-hydrogen) atoms. The fraction of sp³-hybridized carbons (Fsp3) is 0.159. The van der Waals surface area contributed by atoms with Crippen LogP contribution < -0.4 is 4.90 Å². The maximum atomic E-state index is 2.72. The predicted molar refractivity (Wildman–Crippen MR) is 290 cm³/mol. The normalized spacial score (nSPS) is 21.6. The van der Waals surface area contributed by atoms with E-state index in [1.54, 1.807) is 11.1 Å². The highest BCUT2D eigenvalue weighted by molar-refractivity contribution is 5.98. The second kappa shape index (κ2) is 15.4. The molecular formula is C69H53N. The van der Waals surface area contributed by atoms with Crippen LogP contribution in [0.3, 0.4) is 0 Å². The summed E-state index contributed by atoms with van der Waals surface area (Å²) in [5, 5.41) is 2.49. The number of anilines is 3. The van der Waals surface area contributed by atoms with Crippen molar-refractivity contribution in [3.63, 3.8) is 0 Å². The van der Waals surface area contributed by atoms with E-state index in [1.807, 2.05) is 0 Å². The predicted octanol–water partition coefficient (Wildman–Crippen LogP) is 17.7. The Bertz CT molecular complexity index is 3590. The van der Waals surface area contributed by atoms with Crippen LogP contribution >= 0.6 is 0 Å². The number of hydrogen-bond donors (Lipinski definition) is 0. The lowest BCUT2D eigenvalue weighted by atomic mass is 9.43. The average molecular weight is 896 g/mol. The molecule has 0 N–H and O–H groups in total. The Kier molecular flexibility index (Phi) is 8.83. The summed E-state index contributed by atoms with van der Waals surface area (Å²) in [6.07, 6.45) is 6.82. The highest BCUT2D eigenvalue weighted by Crippen LogP contribution is 2.70. The maximum absolute atomic E-state index is 2.72. The van der Waals surface area contributed by atoms with Crippen LogP contribution in [-0.4, -0.2) is 0 Å². The van der Waals surface area contributed by atoms with Crippen molar-refractivity contribution >= 4 is 27.8 Å². The highest BCUT2D eigenvalue weighted by atomic mass is 15.1. The maximum Gasteiger partial charge on any atom is 0.0713 e. The van der Waals surface area contributed by atoms with E-state index in [-0.39, 0.29) is 5.41 Å². The summed E-state index contributed by atoms with van der Waals surface area (Å²) >= 11 is 0. The summed E-state index contributed by atoms with van der Waals surface area (Å²) in [5.74, 6) is 3.04. The van der Waals surface area contributed by atoms with E-state index < -0.39 is 5.41 Å². The Balaban J connectivity index is 1.03. The Labute approximate surface area is 411 Å². The van der Waals surface area contributed by atoms with E-state index >= 15 is 0 Å². The third kappa shape index (κ3) is 5.67. The molecule has 0 atom stereocenters.